The summed E-state index contributed by atoms with van der Waals surface area (Å²) in [5.41, 5.74) is 7.54. The van der Waals surface area contributed by atoms with E-state index < -0.39 is 11.7 Å². The summed E-state index contributed by atoms with van der Waals surface area (Å²) < 4.78 is 11.4. The Hall–Kier alpha value is -3.36. The molecule has 0 radical (unpaired) electrons. The lowest BCUT2D eigenvalue weighted by Crippen LogP contribution is -2.22. The molecule has 31 heavy (non-hydrogen) atoms. The Morgan fingerprint density at radius 3 is 2.58 bits per heavy atom. The molecule has 2 N–H and O–H groups in total. The first kappa shape index (κ1) is 19.6. The highest BCUT2D eigenvalue weighted by atomic mass is 35.5. The summed E-state index contributed by atoms with van der Waals surface area (Å²) in [6, 6.07) is 10.4. The first-order valence-corrected chi connectivity index (χ1v) is 10.1. The van der Waals surface area contributed by atoms with Gasteiger partial charge in [-0.25, -0.2) is 9.36 Å². The van der Waals surface area contributed by atoms with Crippen LogP contribution in [0.2, 0.25) is 10.0 Å². The van der Waals surface area contributed by atoms with Gasteiger partial charge >= 0.3 is 5.76 Å². The van der Waals surface area contributed by atoms with Gasteiger partial charge in [0.25, 0.3) is 5.91 Å². The fourth-order valence-electron chi connectivity index (χ4n) is 3.48. The standard InChI is InChI=1S/C21H14Cl2N4O4/c22-15-7-11(27-20(19(24)28)26-31-21(27)29)8-16(23)18(15)30-12-3-4-17-14(9-12)13(5-6-25-17)10-1-2-10/h3-10H,1-2H2,(H2,24,28). The number of carbonyl (C=O) groups is 1. The first-order chi connectivity index (χ1) is 14.9. The fraction of sp³-hybridized carbons (Fsp3) is 0.143. The highest BCUT2D eigenvalue weighted by molar-refractivity contribution is 6.37. The molecule has 156 valence electrons. The van der Waals surface area contributed by atoms with Gasteiger partial charge in [0, 0.05) is 11.6 Å². The van der Waals surface area contributed by atoms with Crippen molar-refractivity contribution in [1.29, 1.82) is 0 Å². The molecule has 0 bridgehead atoms. The molecule has 1 amide bonds. The van der Waals surface area contributed by atoms with E-state index >= 15 is 0 Å². The third-order valence-electron chi connectivity index (χ3n) is 5.05. The van der Waals surface area contributed by atoms with Gasteiger partial charge in [0.1, 0.15) is 5.75 Å². The Kier molecular flexibility index (Phi) is 4.68. The van der Waals surface area contributed by atoms with Gasteiger partial charge in [-0.05, 0) is 65.9 Å². The number of nitrogens with zero attached hydrogens (tertiary/aromatic N) is 3. The molecular weight excluding hydrogens is 443 g/mol. The van der Waals surface area contributed by atoms with Crippen LogP contribution in [0.15, 0.2) is 51.9 Å². The molecular formula is C21H14Cl2N4O4. The number of primary amides is 1. The highest BCUT2D eigenvalue weighted by Crippen LogP contribution is 2.44. The molecule has 0 unspecified atom stereocenters. The van der Waals surface area contributed by atoms with Crippen molar-refractivity contribution < 1.29 is 14.1 Å². The number of amides is 1. The molecule has 1 fully saturated rings. The highest BCUT2D eigenvalue weighted by Gasteiger charge is 2.26. The zero-order chi connectivity index (χ0) is 21.7. The van der Waals surface area contributed by atoms with E-state index in [2.05, 4.69) is 14.7 Å². The van der Waals surface area contributed by atoms with Crippen LogP contribution < -0.4 is 16.2 Å². The number of benzene rings is 2. The molecule has 8 nitrogen and oxygen atoms in total. The van der Waals surface area contributed by atoms with Crippen LogP contribution in [0, 0.1) is 0 Å². The summed E-state index contributed by atoms with van der Waals surface area (Å²) in [6.07, 6.45) is 4.15. The topological polar surface area (TPSA) is 113 Å². The summed E-state index contributed by atoms with van der Waals surface area (Å²) in [6.45, 7) is 0. The van der Waals surface area contributed by atoms with Crippen LogP contribution >= 0.6 is 23.2 Å². The average molecular weight is 457 g/mol. The zero-order valence-electron chi connectivity index (χ0n) is 15.8. The molecule has 4 aromatic rings. The predicted octanol–water partition coefficient (Wildman–Crippen LogP) is 4.45. The number of hydrogen-bond acceptors (Lipinski definition) is 6. The minimum atomic E-state index is -0.935. The second-order valence-corrected chi connectivity index (χ2v) is 7.98. The van der Waals surface area contributed by atoms with Crippen molar-refractivity contribution in [2.24, 2.45) is 5.73 Å². The van der Waals surface area contributed by atoms with E-state index in [1.165, 1.54) is 30.5 Å². The maximum Gasteiger partial charge on any atom is 0.446 e. The molecule has 0 spiro atoms. The van der Waals surface area contributed by atoms with E-state index in [0.29, 0.717) is 11.7 Å². The molecule has 2 heterocycles. The second kappa shape index (κ2) is 7.40. The number of hydrogen-bond donors (Lipinski definition) is 1. The van der Waals surface area contributed by atoms with Crippen LogP contribution in [0.3, 0.4) is 0 Å². The van der Waals surface area contributed by atoms with Crippen LogP contribution in [0.5, 0.6) is 11.5 Å². The Balaban J connectivity index is 1.54. The zero-order valence-corrected chi connectivity index (χ0v) is 17.4. The Morgan fingerprint density at radius 2 is 1.90 bits per heavy atom. The van der Waals surface area contributed by atoms with Crippen LogP contribution in [0.1, 0.15) is 34.9 Å². The molecule has 5 rings (SSSR count). The van der Waals surface area contributed by atoms with Gasteiger partial charge in [-0.2, -0.15) is 0 Å². The summed E-state index contributed by atoms with van der Waals surface area (Å²) in [4.78, 5) is 27.9. The molecule has 1 aliphatic carbocycles. The van der Waals surface area contributed by atoms with Crippen LogP contribution in [-0.4, -0.2) is 20.6 Å². The summed E-state index contributed by atoms with van der Waals surface area (Å²) in [7, 11) is 0. The normalized spacial score (nSPS) is 13.5. The van der Waals surface area contributed by atoms with E-state index in [4.69, 9.17) is 33.7 Å². The average Bonchev–Trinajstić information content (AvgIpc) is 3.51. The summed E-state index contributed by atoms with van der Waals surface area (Å²) in [5.74, 6) is -0.916. The lowest BCUT2D eigenvalue weighted by atomic mass is 10.1. The number of halogens is 2. The number of rotatable bonds is 5. The van der Waals surface area contributed by atoms with Crippen molar-refractivity contribution in [2.75, 3.05) is 0 Å². The molecule has 0 atom stereocenters. The molecule has 0 saturated heterocycles. The van der Waals surface area contributed by atoms with Gasteiger partial charge in [-0.3, -0.25) is 14.3 Å². The number of aromatic nitrogens is 3. The Bertz CT molecular complexity index is 1390. The molecule has 2 aromatic carbocycles. The van der Waals surface area contributed by atoms with E-state index in [1.807, 2.05) is 24.4 Å². The summed E-state index contributed by atoms with van der Waals surface area (Å²) in [5, 5.41) is 4.65. The fourth-order valence-corrected chi connectivity index (χ4v) is 4.04. The van der Waals surface area contributed by atoms with Gasteiger partial charge in [-0.15, -0.1) is 0 Å². The van der Waals surface area contributed by atoms with Gasteiger partial charge in [-0.1, -0.05) is 23.2 Å². The third-order valence-corrected chi connectivity index (χ3v) is 5.61. The van der Waals surface area contributed by atoms with E-state index in [1.54, 1.807) is 6.07 Å². The monoisotopic (exact) mass is 456 g/mol. The van der Waals surface area contributed by atoms with Gasteiger partial charge in [0.2, 0.25) is 5.82 Å². The maximum absolute atomic E-state index is 12.0. The number of carbonyl (C=O) groups excluding carboxylic acids is 1. The lowest BCUT2D eigenvalue weighted by Gasteiger charge is -2.13. The molecule has 10 heteroatoms. The van der Waals surface area contributed by atoms with Crippen molar-refractivity contribution in [2.45, 2.75) is 18.8 Å². The minimum absolute atomic E-state index is 0.125. The molecule has 1 saturated carbocycles. The lowest BCUT2D eigenvalue weighted by molar-refractivity contribution is 0.0985. The third kappa shape index (κ3) is 3.54. The maximum atomic E-state index is 12.0. The van der Waals surface area contributed by atoms with Crippen LogP contribution in [0.4, 0.5) is 0 Å². The minimum Gasteiger partial charge on any atom is -0.454 e. The molecule has 2 aromatic heterocycles. The Morgan fingerprint density at radius 1 is 1.16 bits per heavy atom. The van der Waals surface area contributed by atoms with Crippen molar-refractivity contribution in [3.05, 3.63) is 74.6 Å². The van der Waals surface area contributed by atoms with E-state index in [0.717, 1.165) is 15.5 Å². The van der Waals surface area contributed by atoms with Crippen molar-refractivity contribution >= 4 is 40.0 Å². The molecule has 0 aliphatic heterocycles. The quantitative estimate of drug-likeness (QED) is 0.474. The largest absolute Gasteiger partial charge is 0.454 e. The predicted molar refractivity (Wildman–Crippen MR) is 114 cm³/mol. The number of fused-ring (bicyclic) bond motifs is 1. The second-order valence-electron chi connectivity index (χ2n) is 7.17. The van der Waals surface area contributed by atoms with Crippen molar-refractivity contribution in [3.63, 3.8) is 0 Å². The number of nitrogens with two attached hydrogens (primary N) is 1. The van der Waals surface area contributed by atoms with Crippen LogP contribution in [0.25, 0.3) is 16.6 Å². The van der Waals surface area contributed by atoms with Crippen LogP contribution in [-0.2, 0) is 0 Å². The number of pyridine rings is 1. The van der Waals surface area contributed by atoms with Gasteiger partial charge in [0.05, 0.1) is 21.2 Å². The SMILES string of the molecule is NC(=O)c1noc(=O)n1-c1cc(Cl)c(Oc2ccc3nccc(C4CC4)c3c2)c(Cl)c1. The first-order valence-electron chi connectivity index (χ1n) is 9.37. The summed E-state index contributed by atoms with van der Waals surface area (Å²) >= 11 is 12.8. The van der Waals surface area contributed by atoms with Gasteiger partial charge < -0.3 is 10.5 Å². The smallest absolute Gasteiger partial charge is 0.446 e. The van der Waals surface area contributed by atoms with Gasteiger partial charge in [0.15, 0.2) is 5.75 Å². The molecule has 1 aliphatic rings. The number of ether oxygens (including phenoxy) is 1. The van der Waals surface area contributed by atoms with Crippen molar-refractivity contribution in [1.82, 2.24) is 14.7 Å². The van der Waals surface area contributed by atoms with E-state index in [-0.39, 0.29) is 27.3 Å². The Labute approximate surface area is 185 Å². The van der Waals surface area contributed by atoms with E-state index in [9.17, 15) is 9.59 Å². The van der Waals surface area contributed by atoms with Crippen molar-refractivity contribution in [3.8, 4) is 17.2 Å².